The first kappa shape index (κ1) is 17.3. The Morgan fingerprint density at radius 3 is 2.64 bits per heavy atom. The van der Waals surface area contributed by atoms with Gasteiger partial charge in [-0.05, 0) is 12.1 Å². The van der Waals surface area contributed by atoms with E-state index in [0.29, 0.717) is 11.3 Å². The number of nitrogens with two attached hydrogens (primary N) is 2. The number of aromatic amines is 1. The number of H-pyrrole nitrogens is 1. The van der Waals surface area contributed by atoms with Gasteiger partial charge in [0.05, 0.1) is 5.52 Å². The number of amides is 2. The summed E-state index contributed by atoms with van der Waals surface area (Å²) in [5, 5.41) is 8.00. The van der Waals surface area contributed by atoms with Crippen LogP contribution >= 0.6 is 12.4 Å². The highest BCUT2D eigenvalue weighted by Crippen LogP contribution is 2.26. The molecule has 0 aliphatic rings. The van der Waals surface area contributed by atoms with E-state index in [1.807, 2.05) is 0 Å². The molecule has 0 fully saturated rings. The Morgan fingerprint density at radius 2 is 2.05 bits per heavy atom. The molecule has 8 nitrogen and oxygen atoms in total. The van der Waals surface area contributed by atoms with Gasteiger partial charge in [-0.3, -0.25) is 19.9 Å². The van der Waals surface area contributed by atoms with E-state index in [4.69, 9.17) is 21.6 Å². The second-order valence-electron chi connectivity index (χ2n) is 4.41. The number of nitrogens with zero attached hydrogens (tertiary/aromatic N) is 1. The molecule has 1 heterocycles. The van der Waals surface area contributed by atoms with Gasteiger partial charge in [-0.25, -0.2) is 0 Å². The maximum absolute atomic E-state index is 12.1. The number of carbonyl (C=O) groups is 2. The lowest BCUT2D eigenvalue weighted by atomic mass is 10.2. The molecule has 1 aromatic carbocycles. The molecule has 22 heavy (non-hydrogen) atoms. The van der Waals surface area contributed by atoms with E-state index in [2.05, 4.69) is 4.98 Å². The van der Waals surface area contributed by atoms with Crippen LogP contribution in [0.2, 0.25) is 0 Å². The number of guanidine groups is 1. The number of hydrogen-bond donors (Lipinski definition) is 4. The Morgan fingerprint density at radius 1 is 1.36 bits per heavy atom. The third-order valence-corrected chi connectivity index (χ3v) is 2.88. The van der Waals surface area contributed by atoms with Crippen molar-refractivity contribution in [3.63, 3.8) is 0 Å². The third-order valence-electron chi connectivity index (χ3n) is 2.88. The van der Waals surface area contributed by atoms with Gasteiger partial charge < -0.3 is 21.2 Å². The second kappa shape index (κ2) is 6.81. The van der Waals surface area contributed by atoms with Crippen LogP contribution < -0.4 is 16.2 Å². The van der Waals surface area contributed by atoms with Gasteiger partial charge in [0.1, 0.15) is 11.4 Å². The zero-order valence-corrected chi connectivity index (χ0v) is 12.6. The normalized spacial score (nSPS) is 9.86. The first-order valence-electron chi connectivity index (χ1n) is 6.05. The molecule has 0 unspecified atom stereocenters. The van der Waals surface area contributed by atoms with Gasteiger partial charge in [-0.1, -0.05) is 12.1 Å². The van der Waals surface area contributed by atoms with Crippen LogP contribution in [0.5, 0.6) is 5.75 Å². The Labute approximate surface area is 132 Å². The van der Waals surface area contributed by atoms with Crippen molar-refractivity contribution >= 4 is 41.1 Å². The largest absolute Gasteiger partial charge is 0.482 e. The smallest absolute Gasteiger partial charge is 0.276 e. The summed E-state index contributed by atoms with van der Waals surface area (Å²) in [7, 11) is 1.40. The van der Waals surface area contributed by atoms with Gasteiger partial charge in [0, 0.05) is 12.4 Å². The van der Waals surface area contributed by atoms with Crippen molar-refractivity contribution < 1.29 is 14.3 Å². The minimum absolute atomic E-state index is 0. The zero-order valence-electron chi connectivity index (χ0n) is 11.8. The van der Waals surface area contributed by atoms with E-state index < -0.39 is 11.8 Å². The van der Waals surface area contributed by atoms with Crippen LogP contribution in [0.25, 0.3) is 10.9 Å². The van der Waals surface area contributed by atoms with Gasteiger partial charge in [0.15, 0.2) is 12.6 Å². The molecule has 0 radical (unpaired) electrons. The summed E-state index contributed by atoms with van der Waals surface area (Å²) < 4.78 is 5.28. The molecule has 6 N–H and O–H groups in total. The van der Waals surface area contributed by atoms with Gasteiger partial charge >= 0.3 is 0 Å². The monoisotopic (exact) mass is 325 g/mol. The maximum atomic E-state index is 12.1. The van der Waals surface area contributed by atoms with Crippen LogP contribution in [0.1, 0.15) is 10.5 Å². The highest BCUT2D eigenvalue weighted by Gasteiger charge is 2.17. The number of halogens is 1. The Bertz CT molecular complexity index is 728. The van der Waals surface area contributed by atoms with Gasteiger partial charge in [-0.15, -0.1) is 12.4 Å². The fourth-order valence-corrected chi connectivity index (χ4v) is 1.80. The van der Waals surface area contributed by atoms with Crippen LogP contribution in [0.15, 0.2) is 24.3 Å². The molecule has 0 atom stereocenters. The molecule has 0 bridgehead atoms. The molecule has 0 spiro atoms. The number of fused-ring (bicyclic) bond motifs is 1. The van der Waals surface area contributed by atoms with Crippen molar-refractivity contribution in [2.24, 2.45) is 11.5 Å². The maximum Gasteiger partial charge on any atom is 0.276 e. The van der Waals surface area contributed by atoms with E-state index in [0.717, 1.165) is 10.3 Å². The fraction of sp³-hybridized carbons (Fsp3) is 0.154. The molecule has 9 heteroatoms. The molecule has 2 amide bonds. The minimum Gasteiger partial charge on any atom is -0.482 e. The number of ether oxygens (including phenoxy) is 1. The molecular weight excluding hydrogens is 310 g/mol. The number of carbonyl (C=O) groups excluding carboxylic acids is 2. The summed E-state index contributed by atoms with van der Waals surface area (Å²) in [6.45, 7) is -0.255. The highest BCUT2D eigenvalue weighted by atomic mass is 35.5. The number of nitrogens with one attached hydrogen (secondary N) is 2. The Kier molecular flexibility index (Phi) is 5.36. The van der Waals surface area contributed by atoms with E-state index >= 15 is 0 Å². The topological polar surface area (TPSA) is 138 Å². The summed E-state index contributed by atoms with van der Waals surface area (Å²) in [5.41, 5.74) is 11.1. The van der Waals surface area contributed by atoms with E-state index in [1.165, 1.54) is 7.05 Å². The van der Waals surface area contributed by atoms with Crippen molar-refractivity contribution in [3.8, 4) is 5.75 Å². The van der Waals surface area contributed by atoms with E-state index in [9.17, 15) is 9.59 Å². The SMILES string of the molecule is CN(C(=N)N)C(=O)c1cc2cccc(OCC(N)=O)c2[nH]1.Cl. The van der Waals surface area contributed by atoms with Crippen molar-refractivity contribution in [1.82, 2.24) is 9.88 Å². The first-order chi connectivity index (χ1) is 9.90. The average Bonchev–Trinajstić information content (AvgIpc) is 2.87. The lowest BCUT2D eigenvalue weighted by molar-refractivity contribution is -0.119. The summed E-state index contributed by atoms with van der Waals surface area (Å²) >= 11 is 0. The fourth-order valence-electron chi connectivity index (χ4n) is 1.80. The van der Waals surface area contributed by atoms with Crippen molar-refractivity contribution in [2.75, 3.05) is 13.7 Å². The van der Waals surface area contributed by atoms with Crippen molar-refractivity contribution in [3.05, 3.63) is 30.0 Å². The predicted molar refractivity (Wildman–Crippen MR) is 84.2 cm³/mol. The Balaban J connectivity index is 0.00000242. The van der Waals surface area contributed by atoms with Gasteiger partial charge in [0.2, 0.25) is 0 Å². The number of rotatable bonds is 4. The molecule has 0 saturated carbocycles. The molecule has 2 rings (SSSR count). The molecular formula is C13H16ClN5O3. The molecule has 118 valence electrons. The van der Waals surface area contributed by atoms with Crippen molar-refractivity contribution in [2.45, 2.75) is 0 Å². The predicted octanol–water partition coefficient (Wildman–Crippen LogP) is 0.419. The number of primary amides is 1. The standard InChI is InChI=1S/C13H15N5O3.ClH/c1-18(13(15)16)12(20)8-5-7-3-2-4-9(11(7)17-8)21-6-10(14)19;/h2-5,17H,6H2,1H3,(H2,14,19)(H3,15,16);1H. The highest BCUT2D eigenvalue weighted by molar-refractivity contribution is 6.06. The van der Waals surface area contributed by atoms with Crippen LogP contribution in [-0.2, 0) is 4.79 Å². The summed E-state index contributed by atoms with van der Waals surface area (Å²) in [6.07, 6.45) is 0. The number of para-hydroxylation sites is 1. The van der Waals surface area contributed by atoms with Crippen LogP contribution in [0, 0.1) is 5.41 Å². The summed E-state index contributed by atoms with van der Waals surface area (Å²) in [4.78, 5) is 26.8. The van der Waals surface area contributed by atoms with E-state index in [-0.39, 0.29) is 30.7 Å². The minimum atomic E-state index is -0.592. The third kappa shape index (κ3) is 3.47. The Hall–Kier alpha value is -2.74. The van der Waals surface area contributed by atoms with Crippen LogP contribution in [0.3, 0.4) is 0 Å². The molecule has 2 aromatic rings. The van der Waals surface area contributed by atoms with Crippen LogP contribution in [0.4, 0.5) is 0 Å². The van der Waals surface area contributed by atoms with Gasteiger partial charge in [-0.2, -0.15) is 0 Å². The molecule has 0 aliphatic carbocycles. The van der Waals surface area contributed by atoms with Crippen LogP contribution in [-0.4, -0.2) is 41.3 Å². The lowest BCUT2D eigenvalue weighted by Gasteiger charge is -2.12. The molecule has 0 saturated heterocycles. The number of benzene rings is 1. The zero-order chi connectivity index (χ0) is 15.6. The summed E-state index contributed by atoms with van der Waals surface area (Å²) in [6, 6.07) is 6.79. The quantitative estimate of drug-likeness (QED) is 0.478. The summed E-state index contributed by atoms with van der Waals surface area (Å²) in [5.74, 6) is -0.981. The number of hydrogen-bond acceptors (Lipinski definition) is 4. The van der Waals surface area contributed by atoms with Crippen molar-refractivity contribution in [1.29, 1.82) is 5.41 Å². The number of aromatic nitrogens is 1. The molecule has 0 aliphatic heterocycles. The first-order valence-corrected chi connectivity index (χ1v) is 6.05. The second-order valence-corrected chi connectivity index (χ2v) is 4.41. The average molecular weight is 326 g/mol. The van der Waals surface area contributed by atoms with E-state index in [1.54, 1.807) is 24.3 Å². The molecule has 1 aromatic heterocycles. The lowest BCUT2D eigenvalue weighted by Crippen LogP contribution is -2.38. The van der Waals surface area contributed by atoms with Gasteiger partial charge in [0.25, 0.3) is 11.8 Å².